The summed E-state index contributed by atoms with van der Waals surface area (Å²) in [5.41, 5.74) is 6.88. The molecule has 1 heterocycles. The third-order valence-electron chi connectivity index (χ3n) is 3.28. The van der Waals surface area contributed by atoms with Crippen LogP contribution in [-0.4, -0.2) is 31.0 Å². The first kappa shape index (κ1) is 12.2. The smallest absolute Gasteiger partial charge is 0.142 e. The number of benzene rings is 1. The molecule has 1 aliphatic heterocycles. The summed E-state index contributed by atoms with van der Waals surface area (Å²) in [7, 11) is 1.64. The van der Waals surface area contributed by atoms with Crippen LogP contribution in [0.4, 0.5) is 5.69 Å². The van der Waals surface area contributed by atoms with E-state index in [0.29, 0.717) is 0 Å². The molecule has 17 heavy (non-hydrogen) atoms. The van der Waals surface area contributed by atoms with Crippen molar-refractivity contribution in [1.29, 1.82) is 0 Å². The Morgan fingerprint density at radius 2 is 2.12 bits per heavy atom. The van der Waals surface area contributed by atoms with Gasteiger partial charge in [-0.15, -0.1) is 0 Å². The lowest BCUT2D eigenvalue weighted by atomic mass is 10.1. The number of anilines is 1. The van der Waals surface area contributed by atoms with E-state index in [2.05, 4.69) is 0 Å². The van der Waals surface area contributed by atoms with Crippen molar-refractivity contribution < 1.29 is 9.84 Å². The Balaban J connectivity index is 2.30. The summed E-state index contributed by atoms with van der Waals surface area (Å²) in [5.74, 6) is 0.778. The molecule has 0 saturated carbocycles. The van der Waals surface area contributed by atoms with E-state index in [4.69, 9.17) is 10.5 Å². The first-order valence-corrected chi connectivity index (χ1v) is 6.07. The van der Waals surface area contributed by atoms with Crippen molar-refractivity contribution in [3.63, 3.8) is 0 Å². The van der Waals surface area contributed by atoms with Crippen molar-refractivity contribution in [3.05, 3.63) is 24.3 Å². The molecule has 1 aromatic carbocycles. The van der Waals surface area contributed by atoms with Gasteiger partial charge in [-0.05, 0) is 31.4 Å². The van der Waals surface area contributed by atoms with Crippen LogP contribution >= 0.6 is 0 Å². The molecule has 0 aliphatic carbocycles. The van der Waals surface area contributed by atoms with E-state index in [1.54, 1.807) is 7.11 Å². The number of hydrogen-bond donors (Lipinski definition) is 2. The van der Waals surface area contributed by atoms with Crippen LogP contribution in [0.25, 0.3) is 0 Å². The van der Waals surface area contributed by atoms with E-state index >= 15 is 0 Å². The summed E-state index contributed by atoms with van der Waals surface area (Å²) in [5, 5.41) is 10.2. The molecule has 94 valence electrons. The number of nitrogens with zero attached hydrogens (tertiary/aromatic N) is 1. The molecule has 0 bridgehead atoms. The Hall–Kier alpha value is -1.26. The zero-order valence-corrected chi connectivity index (χ0v) is 10.2. The topological polar surface area (TPSA) is 58.7 Å². The van der Waals surface area contributed by atoms with E-state index in [1.165, 1.54) is 0 Å². The fraction of sp³-hybridized carbons (Fsp3) is 0.538. The number of rotatable bonds is 2. The van der Waals surface area contributed by atoms with Crippen molar-refractivity contribution in [3.8, 4) is 5.75 Å². The molecule has 1 saturated heterocycles. The monoisotopic (exact) mass is 236 g/mol. The van der Waals surface area contributed by atoms with Crippen LogP contribution in [0.1, 0.15) is 19.3 Å². The van der Waals surface area contributed by atoms with Crippen molar-refractivity contribution in [2.45, 2.75) is 31.5 Å². The lowest BCUT2D eigenvalue weighted by Crippen LogP contribution is -2.46. The highest BCUT2D eigenvalue weighted by Gasteiger charge is 2.26. The Labute approximate surface area is 102 Å². The van der Waals surface area contributed by atoms with E-state index < -0.39 is 6.23 Å². The largest absolute Gasteiger partial charge is 0.495 e. The van der Waals surface area contributed by atoms with Gasteiger partial charge in [-0.1, -0.05) is 12.1 Å². The van der Waals surface area contributed by atoms with Crippen LogP contribution in [0.2, 0.25) is 0 Å². The van der Waals surface area contributed by atoms with Crippen LogP contribution in [0.3, 0.4) is 0 Å². The summed E-state index contributed by atoms with van der Waals surface area (Å²) >= 11 is 0. The van der Waals surface area contributed by atoms with Gasteiger partial charge >= 0.3 is 0 Å². The quantitative estimate of drug-likeness (QED) is 0.813. The molecule has 0 aromatic heterocycles. The molecule has 3 N–H and O–H groups in total. The fourth-order valence-corrected chi connectivity index (χ4v) is 2.30. The molecular formula is C13H20N2O2. The number of aliphatic hydroxyl groups is 1. The van der Waals surface area contributed by atoms with Gasteiger partial charge in [0.25, 0.3) is 0 Å². The second-order valence-electron chi connectivity index (χ2n) is 4.44. The minimum Gasteiger partial charge on any atom is -0.495 e. The number of ether oxygens (including phenoxy) is 1. The maximum Gasteiger partial charge on any atom is 0.142 e. The highest BCUT2D eigenvalue weighted by Crippen LogP contribution is 2.31. The minimum atomic E-state index is -0.631. The number of methoxy groups -OCH3 is 1. The van der Waals surface area contributed by atoms with E-state index in [0.717, 1.165) is 37.2 Å². The predicted octanol–water partition coefficient (Wildman–Crippen LogP) is 1.33. The van der Waals surface area contributed by atoms with Gasteiger partial charge < -0.3 is 20.5 Å². The Kier molecular flexibility index (Phi) is 3.86. The average molecular weight is 236 g/mol. The van der Waals surface area contributed by atoms with E-state index in [9.17, 15) is 5.11 Å². The molecule has 4 heteroatoms. The van der Waals surface area contributed by atoms with E-state index in [1.807, 2.05) is 29.2 Å². The van der Waals surface area contributed by atoms with E-state index in [-0.39, 0.29) is 6.04 Å². The molecule has 0 amide bonds. The summed E-state index contributed by atoms with van der Waals surface area (Å²) in [6.07, 6.45) is 2.34. The van der Waals surface area contributed by atoms with Gasteiger partial charge in [0, 0.05) is 12.6 Å². The van der Waals surface area contributed by atoms with Crippen LogP contribution in [0.5, 0.6) is 5.75 Å². The molecule has 0 radical (unpaired) electrons. The standard InChI is InChI=1S/C13H20N2O2/c1-17-12-8-3-2-7-11(12)15-9-5-4-6-10(14)13(15)16/h2-3,7-8,10,13,16H,4-6,9,14H2,1H3. The van der Waals surface area contributed by atoms with Gasteiger partial charge in [-0.25, -0.2) is 0 Å². The molecule has 2 unspecified atom stereocenters. The molecule has 2 rings (SSSR count). The second-order valence-corrected chi connectivity index (χ2v) is 4.44. The first-order chi connectivity index (χ1) is 8.24. The van der Waals surface area contributed by atoms with Crippen molar-refractivity contribution in [2.75, 3.05) is 18.6 Å². The lowest BCUT2D eigenvalue weighted by Gasteiger charge is -2.32. The maximum absolute atomic E-state index is 10.2. The summed E-state index contributed by atoms with van der Waals surface area (Å²) in [6, 6.07) is 7.54. The average Bonchev–Trinajstić information content (AvgIpc) is 2.53. The molecule has 1 fully saturated rings. The van der Waals surface area contributed by atoms with Crippen molar-refractivity contribution in [1.82, 2.24) is 0 Å². The normalized spacial score (nSPS) is 25.5. The predicted molar refractivity (Wildman–Crippen MR) is 68.2 cm³/mol. The zero-order valence-electron chi connectivity index (χ0n) is 10.2. The van der Waals surface area contributed by atoms with Gasteiger partial charge in [-0.2, -0.15) is 0 Å². The molecule has 0 spiro atoms. The van der Waals surface area contributed by atoms with Gasteiger partial charge in [0.15, 0.2) is 0 Å². The highest BCUT2D eigenvalue weighted by molar-refractivity contribution is 5.59. The van der Waals surface area contributed by atoms with Crippen LogP contribution in [0.15, 0.2) is 24.3 Å². The van der Waals surface area contributed by atoms with Gasteiger partial charge in [0.1, 0.15) is 12.0 Å². The van der Waals surface area contributed by atoms with Crippen molar-refractivity contribution >= 4 is 5.69 Å². The Morgan fingerprint density at radius 3 is 2.88 bits per heavy atom. The fourth-order valence-electron chi connectivity index (χ4n) is 2.30. The van der Waals surface area contributed by atoms with Gasteiger partial charge in [0.05, 0.1) is 12.8 Å². The third-order valence-corrected chi connectivity index (χ3v) is 3.28. The van der Waals surface area contributed by atoms with Crippen LogP contribution < -0.4 is 15.4 Å². The molecular weight excluding hydrogens is 216 g/mol. The maximum atomic E-state index is 10.2. The zero-order chi connectivity index (χ0) is 12.3. The molecule has 4 nitrogen and oxygen atoms in total. The van der Waals surface area contributed by atoms with Gasteiger partial charge in [-0.3, -0.25) is 0 Å². The number of nitrogens with two attached hydrogens (primary N) is 1. The second kappa shape index (κ2) is 5.38. The molecule has 1 aliphatic rings. The van der Waals surface area contributed by atoms with Crippen LogP contribution in [0, 0.1) is 0 Å². The summed E-state index contributed by atoms with van der Waals surface area (Å²) in [6.45, 7) is 0.815. The molecule has 2 atom stereocenters. The Morgan fingerprint density at radius 1 is 1.35 bits per heavy atom. The third kappa shape index (κ3) is 2.53. The summed E-state index contributed by atoms with van der Waals surface area (Å²) < 4.78 is 5.33. The SMILES string of the molecule is COc1ccccc1N1CCCCC(N)C1O. The van der Waals surface area contributed by atoms with Gasteiger partial charge in [0.2, 0.25) is 0 Å². The highest BCUT2D eigenvalue weighted by atomic mass is 16.5. The summed E-state index contributed by atoms with van der Waals surface area (Å²) in [4.78, 5) is 1.94. The van der Waals surface area contributed by atoms with Crippen LogP contribution in [-0.2, 0) is 0 Å². The Bertz CT molecular complexity index is 370. The lowest BCUT2D eigenvalue weighted by molar-refractivity contribution is 0.141. The number of hydrogen-bond acceptors (Lipinski definition) is 4. The first-order valence-electron chi connectivity index (χ1n) is 6.07. The number of aliphatic hydroxyl groups excluding tert-OH is 1. The molecule has 1 aromatic rings. The minimum absolute atomic E-state index is 0.192. The number of para-hydroxylation sites is 2. The van der Waals surface area contributed by atoms with Crippen molar-refractivity contribution in [2.24, 2.45) is 5.73 Å².